The summed E-state index contributed by atoms with van der Waals surface area (Å²) in [6, 6.07) is 7.93. The average Bonchev–Trinajstić information content (AvgIpc) is 2.67. The van der Waals surface area contributed by atoms with Crippen molar-refractivity contribution in [2.75, 3.05) is 19.0 Å². The van der Waals surface area contributed by atoms with Crippen LogP contribution in [-0.2, 0) is 7.05 Å². The molecule has 94 valence electrons. The molecule has 0 aliphatic carbocycles. The molecule has 1 aromatic carbocycles. The van der Waals surface area contributed by atoms with Crippen molar-refractivity contribution in [3.05, 3.63) is 36.0 Å². The van der Waals surface area contributed by atoms with E-state index in [1.165, 1.54) is 0 Å². The molecule has 0 saturated heterocycles. The highest BCUT2D eigenvalue weighted by Gasteiger charge is 2.02. The van der Waals surface area contributed by atoms with Gasteiger partial charge < -0.3 is 4.90 Å². The monoisotopic (exact) mass is 243 g/mol. The smallest absolute Gasteiger partial charge is 0.175 e. The summed E-state index contributed by atoms with van der Waals surface area (Å²) in [6.45, 7) is 1.97. The van der Waals surface area contributed by atoms with E-state index < -0.39 is 0 Å². The first-order valence-corrected chi connectivity index (χ1v) is 5.75. The van der Waals surface area contributed by atoms with Crippen molar-refractivity contribution in [2.45, 2.75) is 6.92 Å². The van der Waals surface area contributed by atoms with Crippen LogP contribution in [0.4, 0.5) is 17.2 Å². The highest BCUT2D eigenvalue weighted by molar-refractivity contribution is 5.51. The third-order valence-corrected chi connectivity index (χ3v) is 2.71. The van der Waals surface area contributed by atoms with Crippen LogP contribution < -0.4 is 4.90 Å². The minimum absolute atomic E-state index is 0.784. The van der Waals surface area contributed by atoms with Crippen LogP contribution in [0.15, 0.2) is 40.7 Å². The fourth-order valence-corrected chi connectivity index (χ4v) is 1.61. The number of anilines is 1. The van der Waals surface area contributed by atoms with Gasteiger partial charge in [0.1, 0.15) is 0 Å². The van der Waals surface area contributed by atoms with Crippen molar-refractivity contribution in [1.29, 1.82) is 0 Å². The first kappa shape index (κ1) is 12.3. The van der Waals surface area contributed by atoms with Crippen LogP contribution in [0.3, 0.4) is 0 Å². The average molecular weight is 243 g/mol. The second kappa shape index (κ2) is 5.00. The topological polar surface area (TPSA) is 45.8 Å². The number of aromatic nitrogens is 2. The van der Waals surface area contributed by atoms with Gasteiger partial charge in [0.25, 0.3) is 0 Å². The summed E-state index contributed by atoms with van der Waals surface area (Å²) in [4.78, 5) is 2.05. The van der Waals surface area contributed by atoms with Crippen LogP contribution in [0.25, 0.3) is 0 Å². The number of benzene rings is 1. The Balaban J connectivity index is 2.19. The summed E-state index contributed by atoms with van der Waals surface area (Å²) < 4.78 is 1.72. The minimum Gasteiger partial charge on any atom is -0.378 e. The Morgan fingerprint density at radius 3 is 2.28 bits per heavy atom. The van der Waals surface area contributed by atoms with Crippen molar-refractivity contribution in [1.82, 2.24) is 9.78 Å². The molecule has 0 saturated carbocycles. The summed E-state index contributed by atoms with van der Waals surface area (Å²) >= 11 is 0. The molecule has 0 fully saturated rings. The predicted octanol–water partition coefficient (Wildman–Crippen LogP) is 3.21. The van der Waals surface area contributed by atoms with E-state index in [2.05, 4.69) is 15.3 Å². The molecule has 0 radical (unpaired) electrons. The van der Waals surface area contributed by atoms with Gasteiger partial charge in [0.05, 0.1) is 11.9 Å². The third-order valence-electron chi connectivity index (χ3n) is 2.71. The van der Waals surface area contributed by atoms with Gasteiger partial charge in [0.15, 0.2) is 5.82 Å². The van der Waals surface area contributed by atoms with Gasteiger partial charge in [-0.25, -0.2) is 4.68 Å². The summed E-state index contributed by atoms with van der Waals surface area (Å²) in [6.07, 6.45) is 1.78. The van der Waals surface area contributed by atoms with E-state index in [9.17, 15) is 0 Å². The number of azo groups is 1. The van der Waals surface area contributed by atoms with Crippen LogP contribution >= 0.6 is 0 Å². The zero-order valence-corrected chi connectivity index (χ0v) is 11.1. The van der Waals surface area contributed by atoms with Crippen molar-refractivity contribution in [3.63, 3.8) is 0 Å². The van der Waals surface area contributed by atoms with Gasteiger partial charge in [-0.15, -0.1) is 10.2 Å². The lowest BCUT2D eigenvalue weighted by Crippen LogP contribution is -2.07. The van der Waals surface area contributed by atoms with Gasteiger partial charge in [-0.05, 0) is 31.2 Å². The van der Waals surface area contributed by atoms with Gasteiger partial charge in [0, 0.05) is 32.4 Å². The van der Waals surface area contributed by atoms with Crippen LogP contribution in [-0.4, -0.2) is 23.9 Å². The van der Waals surface area contributed by atoms with Crippen LogP contribution in [0.5, 0.6) is 0 Å². The lowest BCUT2D eigenvalue weighted by atomic mass is 10.3. The number of nitrogens with zero attached hydrogens (tertiary/aromatic N) is 5. The van der Waals surface area contributed by atoms with Gasteiger partial charge in [0.2, 0.25) is 0 Å². The highest BCUT2D eigenvalue weighted by atomic mass is 15.3. The molecule has 2 aromatic rings. The molecule has 0 atom stereocenters. The molecule has 0 spiro atoms. The number of aryl methyl sites for hydroxylation is 2. The Kier molecular flexibility index (Phi) is 3.41. The lowest BCUT2D eigenvalue weighted by molar-refractivity contribution is 0.763. The van der Waals surface area contributed by atoms with E-state index in [1.807, 2.05) is 57.2 Å². The maximum absolute atomic E-state index is 4.22. The van der Waals surface area contributed by atoms with E-state index in [-0.39, 0.29) is 0 Å². The van der Waals surface area contributed by atoms with Crippen molar-refractivity contribution in [2.24, 2.45) is 17.3 Å². The highest BCUT2D eigenvalue weighted by Crippen LogP contribution is 2.22. The molecule has 1 heterocycles. The van der Waals surface area contributed by atoms with E-state index in [4.69, 9.17) is 0 Å². The second-order valence-electron chi connectivity index (χ2n) is 4.39. The molecule has 0 aliphatic heterocycles. The van der Waals surface area contributed by atoms with Gasteiger partial charge >= 0.3 is 0 Å². The Labute approximate surface area is 107 Å². The summed E-state index contributed by atoms with van der Waals surface area (Å²) in [7, 11) is 5.88. The van der Waals surface area contributed by atoms with Crippen molar-refractivity contribution >= 4 is 17.2 Å². The predicted molar refractivity (Wildman–Crippen MR) is 72.9 cm³/mol. The maximum Gasteiger partial charge on any atom is 0.175 e. The Morgan fingerprint density at radius 1 is 1.11 bits per heavy atom. The van der Waals surface area contributed by atoms with Gasteiger partial charge in [-0.2, -0.15) is 5.10 Å². The Bertz CT molecular complexity index is 532. The summed E-state index contributed by atoms with van der Waals surface area (Å²) in [5.41, 5.74) is 3.00. The molecular weight excluding hydrogens is 226 g/mol. The first-order chi connectivity index (χ1) is 8.58. The van der Waals surface area contributed by atoms with E-state index >= 15 is 0 Å². The molecule has 0 unspecified atom stereocenters. The number of rotatable bonds is 3. The molecule has 1 aromatic heterocycles. The van der Waals surface area contributed by atoms with Gasteiger partial charge in [-0.3, -0.25) is 0 Å². The zero-order valence-electron chi connectivity index (χ0n) is 11.1. The molecule has 5 heteroatoms. The summed E-state index contributed by atoms with van der Waals surface area (Å²) in [5.74, 6) is 0.784. The standard InChI is InChI=1S/C13H17N5/c1-10-9-14-18(4)13(10)16-15-11-5-7-12(8-6-11)17(2)3/h5-9H,1-4H3. The normalized spacial score (nSPS) is 11.1. The lowest BCUT2D eigenvalue weighted by Gasteiger charge is -2.11. The van der Waals surface area contributed by atoms with Crippen molar-refractivity contribution < 1.29 is 0 Å². The fraction of sp³-hybridized carbons (Fsp3) is 0.308. The van der Waals surface area contributed by atoms with E-state index in [0.29, 0.717) is 0 Å². The number of hydrogen-bond acceptors (Lipinski definition) is 4. The van der Waals surface area contributed by atoms with Crippen LogP contribution in [0.2, 0.25) is 0 Å². The molecule has 0 N–H and O–H groups in total. The minimum atomic E-state index is 0.784. The maximum atomic E-state index is 4.22. The van der Waals surface area contributed by atoms with Crippen LogP contribution in [0.1, 0.15) is 5.56 Å². The second-order valence-corrected chi connectivity index (χ2v) is 4.39. The van der Waals surface area contributed by atoms with Crippen LogP contribution in [0, 0.1) is 6.92 Å². The Hall–Kier alpha value is -2.17. The van der Waals surface area contributed by atoms with E-state index in [0.717, 1.165) is 22.8 Å². The molecule has 0 aliphatic rings. The molecular formula is C13H17N5. The number of hydrogen-bond donors (Lipinski definition) is 0. The van der Waals surface area contributed by atoms with E-state index in [1.54, 1.807) is 10.9 Å². The molecule has 2 rings (SSSR count). The first-order valence-electron chi connectivity index (χ1n) is 5.75. The van der Waals surface area contributed by atoms with Gasteiger partial charge in [-0.1, -0.05) is 0 Å². The fourth-order valence-electron chi connectivity index (χ4n) is 1.61. The SMILES string of the molecule is Cc1cnn(C)c1N=Nc1ccc(N(C)C)cc1. The largest absolute Gasteiger partial charge is 0.378 e. The molecule has 18 heavy (non-hydrogen) atoms. The zero-order chi connectivity index (χ0) is 13.1. The Morgan fingerprint density at radius 2 is 1.78 bits per heavy atom. The molecule has 5 nitrogen and oxygen atoms in total. The third kappa shape index (κ3) is 2.56. The molecule has 0 amide bonds. The molecule has 0 bridgehead atoms. The summed E-state index contributed by atoms with van der Waals surface area (Å²) in [5, 5.41) is 12.6. The van der Waals surface area contributed by atoms with Crippen molar-refractivity contribution in [3.8, 4) is 0 Å². The quantitative estimate of drug-likeness (QED) is 0.777.